The lowest BCUT2D eigenvalue weighted by Crippen LogP contribution is -2.38. The Balaban J connectivity index is 1.94. The molecule has 15 heavy (non-hydrogen) atoms. The molecule has 2 rings (SSSR count). The van der Waals surface area contributed by atoms with E-state index in [1.54, 1.807) is 6.20 Å². The molecule has 0 radical (unpaired) electrons. The summed E-state index contributed by atoms with van der Waals surface area (Å²) in [6.45, 7) is 2.78. The fourth-order valence-electron chi connectivity index (χ4n) is 1.77. The van der Waals surface area contributed by atoms with Crippen LogP contribution in [0.3, 0.4) is 0 Å². The molecule has 1 heterocycles. The molecule has 0 spiro atoms. The van der Waals surface area contributed by atoms with Gasteiger partial charge in [0.25, 0.3) is 0 Å². The molecule has 0 bridgehead atoms. The lowest BCUT2D eigenvalue weighted by molar-refractivity contribution is 0.0642. The summed E-state index contributed by atoms with van der Waals surface area (Å²) in [6, 6.07) is 2.02. The van der Waals surface area contributed by atoms with Crippen molar-refractivity contribution in [3.05, 3.63) is 22.3 Å². The van der Waals surface area contributed by atoms with E-state index in [9.17, 15) is 0 Å². The number of pyridine rings is 1. The highest BCUT2D eigenvalue weighted by atomic mass is 79.9. The maximum absolute atomic E-state index is 5.78. The van der Waals surface area contributed by atoms with Crippen molar-refractivity contribution in [2.45, 2.75) is 25.9 Å². The Hall–Kier alpha value is -0.610. The molecule has 1 aromatic heterocycles. The molecule has 0 unspecified atom stereocenters. The Morgan fingerprint density at radius 2 is 2.33 bits per heavy atom. The van der Waals surface area contributed by atoms with Crippen molar-refractivity contribution in [1.82, 2.24) is 4.98 Å². The molecular formula is C11H15BrN2O. The van der Waals surface area contributed by atoms with E-state index in [2.05, 4.69) is 20.9 Å². The van der Waals surface area contributed by atoms with Crippen LogP contribution in [0, 0.1) is 12.8 Å². The Morgan fingerprint density at radius 1 is 1.60 bits per heavy atom. The van der Waals surface area contributed by atoms with Crippen molar-refractivity contribution in [1.29, 1.82) is 0 Å². The smallest absolute Gasteiger partial charge is 0.216 e. The van der Waals surface area contributed by atoms with Crippen molar-refractivity contribution in [2.75, 3.05) is 6.54 Å². The van der Waals surface area contributed by atoms with Gasteiger partial charge in [0.2, 0.25) is 5.88 Å². The van der Waals surface area contributed by atoms with Gasteiger partial charge in [-0.15, -0.1) is 0 Å². The molecule has 1 saturated carbocycles. The second kappa shape index (κ2) is 4.49. The van der Waals surface area contributed by atoms with Crippen LogP contribution in [-0.2, 0) is 0 Å². The summed E-state index contributed by atoms with van der Waals surface area (Å²) in [7, 11) is 0. The molecule has 0 amide bonds. The van der Waals surface area contributed by atoms with Crippen LogP contribution in [0.2, 0.25) is 0 Å². The number of hydrogen-bond donors (Lipinski definition) is 1. The van der Waals surface area contributed by atoms with Crippen LogP contribution in [0.1, 0.15) is 18.4 Å². The van der Waals surface area contributed by atoms with Gasteiger partial charge in [-0.3, -0.25) is 0 Å². The van der Waals surface area contributed by atoms with Crippen LogP contribution in [0.5, 0.6) is 5.88 Å². The van der Waals surface area contributed by atoms with E-state index in [0.717, 1.165) is 35.3 Å². The molecular weight excluding hydrogens is 256 g/mol. The second-order valence-corrected chi connectivity index (χ2v) is 5.00. The average Bonchev–Trinajstić information content (AvgIpc) is 2.13. The zero-order valence-corrected chi connectivity index (χ0v) is 10.3. The van der Waals surface area contributed by atoms with Gasteiger partial charge in [0.05, 0.1) is 0 Å². The van der Waals surface area contributed by atoms with Crippen LogP contribution in [-0.4, -0.2) is 17.6 Å². The summed E-state index contributed by atoms with van der Waals surface area (Å²) in [5.74, 6) is 1.39. The van der Waals surface area contributed by atoms with E-state index in [0.29, 0.717) is 12.0 Å². The van der Waals surface area contributed by atoms with Gasteiger partial charge in [-0.05, 0) is 54.2 Å². The van der Waals surface area contributed by atoms with E-state index >= 15 is 0 Å². The van der Waals surface area contributed by atoms with Gasteiger partial charge >= 0.3 is 0 Å². The number of aromatic nitrogens is 1. The van der Waals surface area contributed by atoms with E-state index in [4.69, 9.17) is 10.5 Å². The SMILES string of the molecule is Cc1cc(Br)cnc1OC1CC(CN)C1. The molecule has 2 N–H and O–H groups in total. The highest BCUT2D eigenvalue weighted by molar-refractivity contribution is 9.10. The minimum absolute atomic E-state index is 0.311. The van der Waals surface area contributed by atoms with Crippen molar-refractivity contribution in [3.63, 3.8) is 0 Å². The van der Waals surface area contributed by atoms with Crippen LogP contribution >= 0.6 is 15.9 Å². The third kappa shape index (κ3) is 2.49. The first-order valence-corrected chi connectivity index (χ1v) is 5.97. The lowest BCUT2D eigenvalue weighted by Gasteiger charge is -2.34. The molecule has 3 nitrogen and oxygen atoms in total. The summed E-state index contributed by atoms with van der Waals surface area (Å²) in [5, 5.41) is 0. The quantitative estimate of drug-likeness (QED) is 0.917. The van der Waals surface area contributed by atoms with Gasteiger partial charge in [0.1, 0.15) is 6.10 Å². The maximum atomic E-state index is 5.78. The molecule has 1 aliphatic rings. The summed E-state index contributed by atoms with van der Waals surface area (Å²) in [4.78, 5) is 4.25. The van der Waals surface area contributed by atoms with Gasteiger partial charge in [0.15, 0.2) is 0 Å². The highest BCUT2D eigenvalue weighted by Gasteiger charge is 2.30. The van der Waals surface area contributed by atoms with Crippen molar-refractivity contribution in [2.24, 2.45) is 11.7 Å². The first-order valence-electron chi connectivity index (χ1n) is 5.18. The van der Waals surface area contributed by atoms with Crippen LogP contribution in [0.25, 0.3) is 0 Å². The average molecular weight is 271 g/mol. The van der Waals surface area contributed by atoms with Crippen molar-refractivity contribution < 1.29 is 4.74 Å². The summed E-state index contributed by atoms with van der Waals surface area (Å²) in [5.41, 5.74) is 6.63. The van der Waals surface area contributed by atoms with Gasteiger partial charge in [-0.25, -0.2) is 4.98 Å². The van der Waals surface area contributed by atoms with Crippen molar-refractivity contribution >= 4 is 15.9 Å². The van der Waals surface area contributed by atoms with Gasteiger partial charge in [-0.2, -0.15) is 0 Å². The second-order valence-electron chi connectivity index (χ2n) is 4.09. The Labute approximate surface area is 98.2 Å². The van der Waals surface area contributed by atoms with Crippen LogP contribution < -0.4 is 10.5 Å². The van der Waals surface area contributed by atoms with E-state index in [1.165, 1.54) is 0 Å². The molecule has 82 valence electrons. The summed E-state index contributed by atoms with van der Waals surface area (Å²) in [6.07, 6.45) is 4.20. The van der Waals surface area contributed by atoms with Gasteiger partial charge in [-0.1, -0.05) is 0 Å². The first-order chi connectivity index (χ1) is 7.19. The number of nitrogens with two attached hydrogens (primary N) is 1. The van der Waals surface area contributed by atoms with E-state index in [1.807, 2.05) is 13.0 Å². The van der Waals surface area contributed by atoms with Gasteiger partial charge in [0, 0.05) is 16.2 Å². The molecule has 1 fully saturated rings. The number of ether oxygens (including phenoxy) is 1. The Kier molecular flexibility index (Phi) is 3.26. The predicted molar refractivity (Wildman–Crippen MR) is 62.9 cm³/mol. The zero-order chi connectivity index (χ0) is 10.8. The largest absolute Gasteiger partial charge is 0.474 e. The highest BCUT2D eigenvalue weighted by Crippen LogP contribution is 2.31. The van der Waals surface area contributed by atoms with Crippen molar-refractivity contribution in [3.8, 4) is 5.88 Å². The normalized spacial score (nSPS) is 24.7. The van der Waals surface area contributed by atoms with Gasteiger partial charge < -0.3 is 10.5 Å². The van der Waals surface area contributed by atoms with Crippen LogP contribution in [0.15, 0.2) is 16.7 Å². The molecule has 0 aliphatic heterocycles. The zero-order valence-electron chi connectivity index (χ0n) is 8.74. The number of aryl methyl sites for hydroxylation is 1. The predicted octanol–water partition coefficient (Wildman–Crippen LogP) is 2.27. The summed E-state index contributed by atoms with van der Waals surface area (Å²) < 4.78 is 6.77. The first kappa shape index (κ1) is 10.9. The molecule has 4 heteroatoms. The third-order valence-corrected chi connectivity index (χ3v) is 3.23. The van der Waals surface area contributed by atoms with E-state index in [-0.39, 0.29) is 0 Å². The monoisotopic (exact) mass is 270 g/mol. The number of nitrogens with zero attached hydrogens (tertiary/aromatic N) is 1. The number of rotatable bonds is 3. The number of hydrogen-bond acceptors (Lipinski definition) is 3. The topological polar surface area (TPSA) is 48.1 Å². The fourth-order valence-corrected chi connectivity index (χ4v) is 2.22. The standard InChI is InChI=1S/C11H15BrN2O/c1-7-2-9(12)6-14-11(7)15-10-3-8(4-10)5-13/h2,6,8,10H,3-5,13H2,1H3. The maximum Gasteiger partial charge on any atom is 0.216 e. The molecule has 1 aromatic rings. The Morgan fingerprint density at radius 3 is 2.93 bits per heavy atom. The Bertz CT molecular complexity index is 350. The fraction of sp³-hybridized carbons (Fsp3) is 0.545. The summed E-state index contributed by atoms with van der Waals surface area (Å²) >= 11 is 3.38. The molecule has 1 aliphatic carbocycles. The molecule has 0 saturated heterocycles. The lowest BCUT2D eigenvalue weighted by atomic mass is 9.82. The molecule has 0 atom stereocenters. The minimum atomic E-state index is 0.311. The minimum Gasteiger partial charge on any atom is -0.474 e. The van der Waals surface area contributed by atoms with Crippen LogP contribution in [0.4, 0.5) is 0 Å². The number of halogens is 1. The third-order valence-electron chi connectivity index (χ3n) is 2.80. The van der Waals surface area contributed by atoms with E-state index < -0.39 is 0 Å². The molecule has 0 aromatic carbocycles.